The van der Waals surface area contributed by atoms with Crippen molar-refractivity contribution in [1.82, 2.24) is 10.3 Å². The van der Waals surface area contributed by atoms with Crippen LogP contribution in [-0.2, 0) is 32.1 Å². The largest absolute Gasteiger partial charge is 0.465 e. The van der Waals surface area contributed by atoms with Gasteiger partial charge in [0.25, 0.3) is 0 Å². The molecule has 2 N–H and O–H groups in total. The van der Waals surface area contributed by atoms with Crippen molar-refractivity contribution >= 4 is 28.7 Å². The summed E-state index contributed by atoms with van der Waals surface area (Å²) < 4.78 is 10.1. The summed E-state index contributed by atoms with van der Waals surface area (Å²) in [5.74, 6) is -1.27. The van der Waals surface area contributed by atoms with Crippen molar-refractivity contribution in [2.45, 2.75) is 26.0 Å². The lowest BCUT2D eigenvalue weighted by Gasteiger charge is -2.17. The van der Waals surface area contributed by atoms with E-state index in [1.165, 1.54) is 14.0 Å². The Bertz CT molecular complexity index is 1020. The van der Waals surface area contributed by atoms with E-state index in [0.29, 0.717) is 12.0 Å². The van der Waals surface area contributed by atoms with Gasteiger partial charge in [-0.2, -0.15) is 0 Å². The minimum absolute atomic E-state index is 0.0320. The smallest absolute Gasteiger partial charge is 0.337 e. The highest BCUT2D eigenvalue weighted by Crippen LogP contribution is 2.19. The van der Waals surface area contributed by atoms with E-state index in [1.54, 1.807) is 24.3 Å². The van der Waals surface area contributed by atoms with E-state index in [4.69, 9.17) is 4.74 Å². The van der Waals surface area contributed by atoms with E-state index in [2.05, 4.69) is 15.0 Å². The Morgan fingerprint density at radius 1 is 1.07 bits per heavy atom. The molecule has 7 nitrogen and oxygen atoms in total. The van der Waals surface area contributed by atoms with Gasteiger partial charge in [0.2, 0.25) is 5.91 Å². The van der Waals surface area contributed by atoms with E-state index in [1.807, 2.05) is 30.5 Å². The Hall–Kier alpha value is -3.61. The van der Waals surface area contributed by atoms with Gasteiger partial charge in [0.1, 0.15) is 12.6 Å². The molecule has 3 aromatic rings. The number of ether oxygens (including phenoxy) is 2. The molecule has 0 spiro atoms. The van der Waals surface area contributed by atoms with Crippen LogP contribution in [0.3, 0.4) is 0 Å². The SMILES string of the molecule is COC(=O)c1ccc(COC(=O)[C@H](Cc2c[nH]c3ccccc23)NC(C)=O)cc1. The molecule has 3 rings (SSSR count). The molecule has 7 heteroatoms. The van der Waals surface area contributed by atoms with Crippen LogP contribution in [0.25, 0.3) is 10.9 Å². The summed E-state index contributed by atoms with van der Waals surface area (Å²) in [5, 5.41) is 3.66. The van der Waals surface area contributed by atoms with E-state index < -0.39 is 18.0 Å². The maximum Gasteiger partial charge on any atom is 0.337 e. The fourth-order valence-electron chi connectivity index (χ4n) is 3.07. The lowest BCUT2D eigenvalue weighted by molar-refractivity contribution is -0.149. The monoisotopic (exact) mass is 394 g/mol. The number of benzene rings is 2. The number of fused-ring (bicyclic) bond motifs is 1. The number of H-pyrrole nitrogens is 1. The van der Waals surface area contributed by atoms with Gasteiger partial charge in [-0.15, -0.1) is 0 Å². The predicted octanol–water partition coefficient (Wildman–Crippen LogP) is 2.75. The zero-order valence-corrected chi connectivity index (χ0v) is 16.2. The number of para-hydroxylation sites is 1. The molecule has 2 aromatic carbocycles. The Morgan fingerprint density at radius 2 is 1.79 bits per heavy atom. The Morgan fingerprint density at radius 3 is 2.48 bits per heavy atom. The van der Waals surface area contributed by atoms with Crippen molar-refractivity contribution in [3.63, 3.8) is 0 Å². The maximum absolute atomic E-state index is 12.6. The van der Waals surface area contributed by atoms with Gasteiger partial charge in [-0.25, -0.2) is 9.59 Å². The third kappa shape index (κ3) is 5.01. The molecule has 1 aromatic heterocycles. The minimum Gasteiger partial charge on any atom is -0.465 e. The molecule has 0 aliphatic carbocycles. The molecule has 0 saturated carbocycles. The summed E-state index contributed by atoms with van der Waals surface area (Å²) in [6.07, 6.45) is 2.14. The van der Waals surface area contributed by atoms with Crippen LogP contribution in [-0.4, -0.2) is 36.0 Å². The zero-order chi connectivity index (χ0) is 20.8. The number of esters is 2. The van der Waals surface area contributed by atoms with Crippen molar-refractivity contribution in [3.05, 3.63) is 71.4 Å². The average molecular weight is 394 g/mol. The molecular weight excluding hydrogens is 372 g/mol. The first kappa shape index (κ1) is 20.1. The number of methoxy groups -OCH3 is 1. The first-order valence-corrected chi connectivity index (χ1v) is 9.14. The molecule has 1 atom stereocenters. The van der Waals surface area contributed by atoms with Gasteiger partial charge in [-0.3, -0.25) is 4.79 Å². The number of amides is 1. The van der Waals surface area contributed by atoms with E-state index in [0.717, 1.165) is 22.0 Å². The van der Waals surface area contributed by atoms with Crippen LogP contribution in [0, 0.1) is 0 Å². The number of carbonyl (C=O) groups excluding carboxylic acids is 3. The van der Waals surface area contributed by atoms with Crippen LogP contribution in [0.1, 0.15) is 28.4 Å². The third-order valence-corrected chi connectivity index (χ3v) is 4.52. The fraction of sp³-hybridized carbons (Fsp3) is 0.227. The van der Waals surface area contributed by atoms with Crippen molar-refractivity contribution in [1.29, 1.82) is 0 Å². The van der Waals surface area contributed by atoms with E-state index in [9.17, 15) is 14.4 Å². The topological polar surface area (TPSA) is 97.5 Å². The van der Waals surface area contributed by atoms with E-state index >= 15 is 0 Å². The third-order valence-electron chi connectivity index (χ3n) is 4.52. The Labute approximate surface area is 168 Å². The van der Waals surface area contributed by atoms with Crippen LogP contribution in [0.5, 0.6) is 0 Å². The number of carbonyl (C=O) groups is 3. The molecule has 0 radical (unpaired) electrons. The summed E-state index contributed by atoms with van der Waals surface area (Å²) in [4.78, 5) is 38.8. The fourth-order valence-corrected chi connectivity index (χ4v) is 3.07. The minimum atomic E-state index is -0.805. The van der Waals surface area contributed by atoms with Gasteiger partial charge in [0, 0.05) is 30.4 Å². The Kier molecular flexibility index (Phi) is 6.29. The highest BCUT2D eigenvalue weighted by molar-refractivity contribution is 5.89. The predicted molar refractivity (Wildman–Crippen MR) is 107 cm³/mol. The van der Waals surface area contributed by atoms with Gasteiger partial charge in [0.15, 0.2) is 0 Å². The maximum atomic E-state index is 12.6. The molecule has 1 amide bonds. The van der Waals surface area contributed by atoms with Crippen molar-refractivity contribution in [2.75, 3.05) is 7.11 Å². The number of aromatic amines is 1. The summed E-state index contributed by atoms with van der Waals surface area (Å²) in [6.45, 7) is 1.39. The molecule has 1 heterocycles. The molecular formula is C22H22N2O5. The molecule has 150 valence electrons. The van der Waals surface area contributed by atoms with Gasteiger partial charge < -0.3 is 19.8 Å². The van der Waals surface area contributed by atoms with Crippen molar-refractivity contribution in [2.24, 2.45) is 0 Å². The highest BCUT2D eigenvalue weighted by Gasteiger charge is 2.23. The lowest BCUT2D eigenvalue weighted by Crippen LogP contribution is -2.42. The summed E-state index contributed by atoms with van der Waals surface area (Å²) in [7, 11) is 1.31. The average Bonchev–Trinajstić information content (AvgIpc) is 3.14. The number of nitrogens with one attached hydrogen (secondary N) is 2. The molecule has 0 aliphatic rings. The van der Waals surface area contributed by atoms with Crippen LogP contribution in [0.15, 0.2) is 54.7 Å². The van der Waals surface area contributed by atoms with Crippen LogP contribution < -0.4 is 5.32 Å². The van der Waals surface area contributed by atoms with Crippen molar-refractivity contribution < 1.29 is 23.9 Å². The second kappa shape index (κ2) is 9.05. The number of hydrogen-bond acceptors (Lipinski definition) is 5. The summed E-state index contributed by atoms with van der Waals surface area (Å²) >= 11 is 0. The number of hydrogen-bond donors (Lipinski definition) is 2. The molecule has 29 heavy (non-hydrogen) atoms. The molecule has 0 saturated heterocycles. The van der Waals surface area contributed by atoms with Crippen LogP contribution in [0.4, 0.5) is 0 Å². The zero-order valence-electron chi connectivity index (χ0n) is 16.2. The van der Waals surface area contributed by atoms with Crippen LogP contribution in [0.2, 0.25) is 0 Å². The summed E-state index contributed by atoms with van der Waals surface area (Å²) in [6, 6.07) is 13.5. The van der Waals surface area contributed by atoms with Gasteiger partial charge in [0.05, 0.1) is 12.7 Å². The number of rotatable bonds is 7. The Balaban J connectivity index is 1.67. The van der Waals surface area contributed by atoms with Crippen molar-refractivity contribution in [3.8, 4) is 0 Å². The second-order valence-electron chi connectivity index (χ2n) is 6.61. The van der Waals surface area contributed by atoms with Gasteiger partial charge in [-0.1, -0.05) is 30.3 Å². The standard InChI is InChI=1S/C22H22N2O5/c1-14(25)24-20(11-17-12-23-19-6-4-3-5-18(17)19)22(27)29-13-15-7-9-16(10-8-15)21(26)28-2/h3-10,12,20,23H,11,13H2,1-2H3,(H,24,25)/t20-/m0/s1. The molecule has 0 aliphatic heterocycles. The van der Waals surface area contributed by atoms with Gasteiger partial charge in [-0.05, 0) is 29.3 Å². The first-order chi connectivity index (χ1) is 14.0. The number of aromatic nitrogens is 1. The van der Waals surface area contributed by atoms with E-state index in [-0.39, 0.29) is 12.5 Å². The quantitative estimate of drug-likeness (QED) is 0.601. The normalized spacial score (nSPS) is 11.7. The highest BCUT2D eigenvalue weighted by atomic mass is 16.5. The van der Waals surface area contributed by atoms with Gasteiger partial charge >= 0.3 is 11.9 Å². The molecule has 0 bridgehead atoms. The molecule has 0 fully saturated rings. The second-order valence-corrected chi connectivity index (χ2v) is 6.61. The first-order valence-electron chi connectivity index (χ1n) is 9.14. The lowest BCUT2D eigenvalue weighted by atomic mass is 10.0. The summed E-state index contributed by atoms with van der Waals surface area (Å²) in [5.41, 5.74) is 3.01. The molecule has 0 unspecified atom stereocenters. The van der Waals surface area contributed by atoms with Crippen LogP contribution >= 0.6 is 0 Å².